The summed E-state index contributed by atoms with van der Waals surface area (Å²) in [5, 5.41) is 3.33. The molecule has 1 saturated heterocycles. The Bertz CT molecular complexity index is 569. The molecule has 0 amide bonds. The van der Waals surface area contributed by atoms with Crippen LogP contribution in [-0.2, 0) is 0 Å². The van der Waals surface area contributed by atoms with Gasteiger partial charge in [-0.1, -0.05) is 6.07 Å². The van der Waals surface area contributed by atoms with E-state index in [9.17, 15) is 0 Å². The number of methoxy groups -OCH3 is 1. The maximum absolute atomic E-state index is 5.38. The van der Waals surface area contributed by atoms with E-state index in [0.717, 1.165) is 37.7 Å². The topological polar surface area (TPSA) is 63.2 Å². The van der Waals surface area contributed by atoms with Gasteiger partial charge in [-0.25, -0.2) is 9.97 Å². The fourth-order valence-electron chi connectivity index (χ4n) is 2.23. The maximum atomic E-state index is 5.38. The number of anilines is 1. The van der Waals surface area contributed by atoms with E-state index in [0.29, 0.717) is 11.6 Å². The Morgan fingerprint density at radius 3 is 2.75 bits per heavy atom. The first kappa shape index (κ1) is 12.8. The van der Waals surface area contributed by atoms with Crippen molar-refractivity contribution in [2.75, 3.05) is 38.2 Å². The summed E-state index contributed by atoms with van der Waals surface area (Å²) in [4.78, 5) is 15.5. The lowest BCUT2D eigenvalue weighted by Gasteiger charge is -2.29. The summed E-state index contributed by atoms with van der Waals surface area (Å²) in [6.07, 6.45) is 3.46. The Labute approximate surface area is 117 Å². The van der Waals surface area contributed by atoms with Crippen molar-refractivity contribution in [1.29, 1.82) is 0 Å². The standard InChI is InChI=1S/C14H17N5O/c1-20-12-10-17-13(11-4-2-3-5-16-11)18-14(12)19-8-6-15-7-9-19/h2-5,10,15H,6-9H2,1H3. The van der Waals surface area contributed by atoms with Gasteiger partial charge in [0.15, 0.2) is 17.4 Å². The van der Waals surface area contributed by atoms with Gasteiger partial charge in [0.1, 0.15) is 5.69 Å². The molecule has 104 valence electrons. The average Bonchev–Trinajstić information content (AvgIpc) is 2.56. The number of hydrogen-bond acceptors (Lipinski definition) is 6. The minimum Gasteiger partial charge on any atom is -0.491 e. The SMILES string of the molecule is COc1cnc(-c2ccccn2)nc1N1CCNCC1. The van der Waals surface area contributed by atoms with Crippen LogP contribution in [0.2, 0.25) is 0 Å². The zero-order chi connectivity index (χ0) is 13.8. The number of hydrogen-bond donors (Lipinski definition) is 1. The van der Waals surface area contributed by atoms with Crippen LogP contribution in [0.15, 0.2) is 30.6 Å². The second-order valence-corrected chi connectivity index (χ2v) is 4.54. The molecule has 0 bridgehead atoms. The molecule has 1 aliphatic heterocycles. The normalized spacial score (nSPS) is 15.2. The van der Waals surface area contributed by atoms with Crippen molar-refractivity contribution in [3.8, 4) is 17.3 Å². The van der Waals surface area contributed by atoms with E-state index in [1.54, 1.807) is 19.5 Å². The largest absolute Gasteiger partial charge is 0.491 e. The van der Waals surface area contributed by atoms with E-state index >= 15 is 0 Å². The van der Waals surface area contributed by atoms with Crippen molar-refractivity contribution in [2.24, 2.45) is 0 Å². The molecule has 6 nitrogen and oxygen atoms in total. The van der Waals surface area contributed by atoms with Crippen LogP contribution in [0.4, 0.5) is 5.82 Å². The predicted molar refractivity (Wildman–Crippen MR) is 76.9 cm³/mol. The third-order valence-electron chi connectivity index (χ3n) is 3.27. The molecule has 1 aliphatic rings. The Kier molecular flexibility index (Phi) is 3.73. The Morgan fingerprint density at radius 2 is 2.05 bits per heavy atom. The van der Waals surface area contributed by atoms with Crippen molar-refractivity contribution in [3.05, 3.63) is 30.6 Å². The van der Waals surface area contributed by atoms with E-state index in [4.69, 9.17) is 4.74 Å². The van der Waals surface area contributed by atoms with Crippen LogP contribution in [0.25, 0.3) is 11.5 Å². The van der Waals surface area contributed by atoms with Crippen LogP contribution in [0, 0.1) is 0 Å². The Balaban J connectivity index is 1.98. The highest BCUT2D eigenvalue weighted by Gasteiger charge is 2.18. The van der Waals surface area contributed by atoms with E-state index in [1.165, 1.54) is 0 Å². The predicted octanol–water partition coefficient (Wildman–Crippen LogP) is 0.957. The molecule has 0 atom stereocenters. The summed E-state index contributed by atoms with van der Waals surface area (Å²) < 4.78 is 5.38. The third-order valence-corrected chi connectivity index (χ3v) is 3.27. The molecule has 0 unspecified atom stereocenters. The van der Waals surface area contributed by atoms with Crippen molar-refractivity contribution in [1.82, 2.24) is 20.3 Å². The first-order valence-electron chi connectivity index (χ1n) is 6.66. The van der Waals surface area contributed by atoms with Gasteiger partial charge in [-0.3, -0.25) is 4.98 Å². The monoisotopic (exact) mass is 271 g/mol. The van der Waals surface area contributed by atoms with E-state index < -0.39 is 0 Å². The second-order valence-electron chi connectivity index (χ2n) is 4.54. The first-order chi connectivity index (χ1) is 9.88. The zero-order valence-corrected chi connectivity index (χ0v) is 11.4. The van der Waals surface area contributed by atoms with Gasteiger partial charge in [0.2, 0.25) is 0 Å². The third kappa shape index (κ3) is 2.55. The molecule has 6 heteroatoms. The number of pyridine rings is 1. The molecule has 20 heavy (non-hydrogen) atoms. The van der Waals surface area contributed by atoms with E-state index in [1.807, 2.05) is 18.2 Å². The highest BCUT2D eigenvalue weighted by Crippen LogP contribution is 2.27. The summed E-state index contributed by atoms with van der Waals surface area (Å²) in [7, 11) is 1.64. The lowest BCUT2D eigenvalue weighted by molar-refractivity contribution is 0.409. The zero-order valence-electron chi connectivity index (χ0n) is 11.4. The van der Waals surface area contributed by atoms with Gasteiger partial charge in [-0.05, 0) is 12.1 Å². The van der Waals surface area contributed by atoms with E-state index in [-0.39, 0.29) is 0 Å². The van der Waals surface area contributed by atoms with Crippen molar-refractivity contribution in [3.63, 3.8) is 0 Å². The highest BCUT2D eigenvalue weighted by atomic mass is 16.5. The lowest BCUT2D eigenvalue weighted by Crippen LogP contribution is -2.44. The van der Waals surface area contributed by atoms with Gasteiger partial charge >= 0.3 is 0 Å². The summed E-state index contributed by atoms with van der Waals surface area (Å²) in [5.74, 6) is 2.16. The van der Waals surface area contributed by atoms with Gasteiger partial charge in [-0.15, -0.1) is 0 Å². The van der Waals surface area contributed by atoms with Crippen LogP contribution >= 0.6 is 0 Å². The molecule has 2 aromatic heterocycles. The number of ether oxygens (including phenoxy) is 1. The highest BCUT2D eigenvalue weighted by molar-refractivity contribution is 5.58. The molecular formula is C14H17N5O. The van der Waals surface area contributed by atoms with Gasteiger partial charge in [0.05, 0.1) is 13.3 Å². The summed E-state index contributed by atoms with van der Waals surface area (Å²) in [5.41, 5.74) is 0.770. The first-order valence-corrected chi connectivity index (χ1v) is 6.66. The van der Waals surface area contributed by atoms with Crippen molar-refractivity contribution in [2.45, 2.75) is 0 Å². The number of rotatable bonds is 3. The van der Waals surface area contributed by atoms with Crippen molar-refractivity contribution < 1.29 is 4.74 Å². The summed E-state index contributed by atoms with van der Waals surface area (Å²) in [6.45, 7) is 3.72. The number of nitrogens with one attached hydrogen (secondary N) is 1. The van der Waals surface area contributed by atoms with Crippen LogP contribution < -0.4 is 15.0 Å². The quantitative estimate of drug-likeness (QED) is 0.897. The number of nitrogens with zero attached hydrogens (tertiary/aromatic N) is 4. The van der Waals surface area contributed by atoms with Crippen LogP contribution in [-0.4, -0.2) is 48.2 Å². The van der Waals surface area contributed by atoms with Gasteiger partial charge in [-0.2, -0.15) is 0 Å². The number of aromatic nitrogens is 3. The molecule has 1 N–H and O–H groups in total. The van der Waals surface area contributed by atoms with Gasteiger partial charge < -0.3 is 15.0 Å². The molecule has 0 spiro atoms. The fraction of sp³-hybridized carbons (Fsp3) is 0.357. The minimum atomic E-state index is 0.625. The summed E-state index contributed by atoms with van der Waals surface area (Å²) >= 11 is 0. The van der Waals surface area contributed by atoms with Crippen molar-refractivity contribution >= 4 is 5.82 Å². The fourth-order valence-corrected chi connectivity index (χ4v) is 2.23. The minimum absolute atomic E-state index is 0.625. The Morgan fingerprint density at radius 1 is 1.20 bits per heavy atom. The lowest BCUT2D eigenvalue weighted by atomic mass is 10.3. The maximum Gasteiger partial charge on any atom is 0.180 e. The molecule has 3 heterocycles. The number of piperazine rings is 1. The summed E-state index contributed by atoms with van der Waals surface area (Å²) in [6, 6.07) is 5.72. The molecule has 3 rings (SSSR count). The molecule has 1 fully saturated rings. The smallest absolute Gasteiger partial charge is 0.180 e. The van der Waals surface area contributed by atoms with Gasteiger partial charge in [0.25, 0.3) is 0 Å². The second kappa shape index (κ2) is 5.83. The molecule has 0 aromatic carbocycles. The van der Waals surface area contributed by atoms with Crippen LogP contribution in [0.3, 0.4) is 0 Å². The van der Waals surface area contributed by atoms with Gasteiger partial charge in [0, 0.05) is 32.4 Å². The molecule has 0 saturated carbocycles. The molecule has 0 radical (unpaired) electrons. The molecule has 2 aromatic rings. The van der Waals surface area contributed by atoms with Crippen LogP contribution in [0.1, 0.15) is 0 Å². The molecular weight excluding hydrogens is 254 g/mol. The molecule has 0 aliphatic carbocycles. The average molecular weight is 271 g/mol. The van der Waals surface area contributed by atoms with E-state index in [2.05, 4.69) is 25.2 Å². The Hall–Kier alpha value is -2.21. The van der Waals surface area contributed by atoms with Crippen LogP contribution in [0.5, 0.6) is 5.75 Å².